The number of terminal acetylenes is 1. The van der Waals surface area contributed by atoms with Crippen molar-refractivity contribution in [3.63, 3.8) is 0 Å². The maximum absolute atomic E-state index is 10.3. The van der Waals surface area contributed by atoms with Gasteiger partial charge in [0, 0.05) is 0 Å². The Labute approximate surface area is 43.8 Å². The molecule has 8 heavy (non-hydrogen) atoms. The first-order valence-corrected chi connectivity index (χ1v) is 1.34. The molecular formula is C4H2F4. The first-order chi connectivity index (χ1) is 3.64. The van der Waals surface area contributed by atoms with Gasteiger partial charge in [-0.05, 0) is 0 Å². The van der Waals surface area contributed by atoms with Gasteiger partial charge in [-0.1, -0.05) is 0 Å². The molecular weight excluding hydrogens is 124 g/mol. The van der Waals surface area contributed by atoms with Crippen LogP contribution in [0, 0.1) is 12.8 Å². The normalized spacial score (nSPS) is 6.25. The minimum atomic E-state index is -2.91. The van der Waals surface area contributed by atoms with Crippen molar-refractivity contribution < 1.29 is 17.6 Å². The molecule has 0 atom stereocenters. The average molecular weight is 126 g/mol. The Kier molecular flexibility index (Phi) is 7.60. The van der Waals surface area contributed by atoms with Crippen molar-refractivity contribution in [3.8, 4) is 12.8 Å². The Balaban J connectivity index is 0. The number of hydrogen-bond donors (Lipinski definition) is 0. The van der Waals surface area contributed by atoms with Gasteiger partial charge in [0.25, 0.3) is 0 Å². The summed E-state index contributed by atoms with van der Waals surface area (Å²) in [5.41, 5.74) is 0. The van der Waals surface area contributed by atoms with Gasteiger partial charge in [-0.3, -0.25) is 0 Å². The minimum absolute atomic E-state index is 2.91. The molecule has 0 bridgehead atoms. The zero-order valence-electron chi connectivity index (χ0n) is 3.67. The van der Waals surface area contributed by atoms with Crippen LogP contribution in [0.25, 0.3) is 0 Å². The van der Waals surface area contributed by atoms with E-state index in [2.05, 4.69) is 12.8 Å². The Bertz CT molecular complexity index is 83.9. The molecule has 0 nitrogen and oxygen atoms in total. The van der Waals surface area contributed by atoms with Gasteiger partial charge < -0.3 is 0 Å². The summed E-state index contributed by atoms with van der Waals surface area (Å²) in [6.45, 7) is 0. The van der Waals surface area contributed by atoms with E-state index in [9.17, 15) is 17.6 Å². The number of rotatable bonds is 0. The molecule has 0 aromatic carbocycles. The largest absolute Gasteiger partial charge is 0.334 e. The quantitative estimate of drug-likeness (QED) is 0.345. The average Bonchev–Trinajstić information content (AvgIpc) is 1.72. The summed E-state index contributed by atoms with van der Waals surface area (Å²) in [7, 11) is 0. The van der Waals surface area contributed by atoms with Crippen LogP contribution in [0.2, 0.25) is 0 Å². The van der Waals surface area contributed by atoms with E-state index in [0.717, 1.165) is 0 Å². The van der Waals surface area contributed by atoms with E-state index in [-0.39, 0.29) is 0 Å². The van der Waals surface area contributed by atoms with Crippen LogP contribution in [0.5, 0.6) is 0 Å². The molecule has 46 valence electrons. The van der Waals surface area contributed by atoms with Crippen LogP contribution in [-0.2, 0) is 0 Å². The molecule has 0 saturated heterocycles. The van der Waals surface area contributed by atoms with E-state index < -0.39 is 12.2 Å². The van der Waals surface area contributed by atoms with Crippen molar-refractivity contribution in [1.29, 1.82) is 0 Å². The highest BCUT2D eigenvalue weighted by molar-refractivity contribution is 4.77. The number of halogens is 4. The van der Waals surface area contributed by atoms with Crippen molar-refractivity contribution in [2.24, 2.45) is 0 Å². The molecule has 0 amide bonds. The molecule has 0 N–H and O–H groups in total. The van der Waals surface area contributed by atoms with Gasteiger partial charge >= 0.3 is 12.2 Å². The van der Waals surface area contributed by atoms with Gasteiger partial charge in [0.05, 0.1) is 0 Å². The second kappa shape index (κ2) is 6.02. The highest BCUT2D eigenvalue weighted by Gasteiger charge is 1.98. The lowest BCUT2D eigenvalue weighted by molar-refractivity contribution is 0.308. The van der Waals surface area contributed by atoms with Crippen LogP contribution in [0.15, 0.2) is 12.2 Å². The summed E-state index contributed by atoms with van der Waals surface area (Å²) in [5.74, 6) is 0. The molecule has 0 saturated carbocycles. The summed E-state index contributed by atoms with van der Waals surface area (Å²) < 4.78 is 41.1. The summed E-state index contributed by atoms with van der Waals surface area (Å²) >= 11 is 0. The summed E-state index contributed by atoms with van der Waals surface area (Å²) in [5, 5.41) is 0. The minimum Gasteiger partial charge on any atom is -0.167 e. The molecule has 0 aliphatic carbocycles. The highest BCUT2D eigenvalue weighted by Crippen LogP contribution is 2.08. The molecule has 0 aromatic heterocycles. The third kappa shape index (κ3) is 8.89. The van der Waals surface area contributed by atoms with E-state index in [1.807, 2.05) is 0 Å². The van der Waals surface area contributed by atoms with Crippen LogP contribution >= 0.6 is 0 Å². The van der Waals surface area contributed by atoms with E-state index in [1.54, 1.807) is 0 Å². The Morgan fingerprint density at radius 1 is 0.750 bits per heavy atom. The van der Waals surface area contributed by atoms with Crippen molar-refractivity contribution >= 4 is 0 Å². The molecule has 0 aromatic rings. The lowest BCUT2D eigenvalue weighted by Crippen LogP contribution is -1.56. The Hall–Kier alpha value is -0.980. The summed E-state index contributed by atoms with van der Waals surface area (Å²) in [6.07, 6.45) is 2.19. The van der Waals surface area contributed by atoms with Gasteiger partial charge in [0.1, 0.15) is 0 Å². The van der Waals surface area contributed by atoms with Crippen LogP contribution in [0.4, 0.5) is 17.6 Å². The maximum atomic E-state index is 10.3. The van der Waals surface area contributed by atoms with Crippen LogP contribution < -0.4 is 0 Å². The zero-order valence-corrected chi connectivity index (χ0v) is 3.67. The highest BCUT2D eigenvalue weighted by atomic mass is 19.3. The molecule has 0 unspecified atom stereocenters. The molecule has 0 heterocycles. The topological polar surface area (TPSA) is 0 Å². The second-order valence-corrected chi connectivity index (χ2v) is 0.521. The first kappa shape index (κ1) is 10.1. The lowest BCUT2D eigenvalue weighted by Gasteiger charge is -1.69. The molecule has 0 fully saturated rings. The third-order valence-corrected chi connectivity index (χ3v) is 0.143. The Morgan fingerprint density at radius 3 is 0.875 bits per heavy atom. The Morgan fingerprint density at radius 2 is 0.875 bits per heavy atom. The van der Waals surface area contributed by atoms with Crippen molar-refractivity contribution in [1.82, 2.24) is 0 Å². The SMILES string of the molecule is C#C.FC(F)=C(F)F. The molecule has 0 radical (unpaired) electrons. The first-order valence-electron chi connectivity index (χ1n) is 1.34. The van der Waals surface area contributed by atoms with E-state index in [1.165, 1.54) is 0 Å². The van der Waals surface area contributed by atoms with Gasteiger partial charge in [-0.25, -0.2) is 0 Å². The summed E-state index contributed by atoms with van der Waals surface area (Å²) in [6, 6.07) is 0. The fourth-order valence-corrected chi connectivity index (χ4v) is 0. The smallest absolute Gasteiger partial charge is 0.167 e. The van der Waals surface area contributed by atoms with E-state index >= 15 is 0 Å². The van der Waals surface area contributed by atoms with E-state index in [4.69, 9.17) is 0 Å². The number of hydrogen-bond acceptors (Lipinski definition) is 0. The van der Waals surface area contributed by atoms with Gasteiger partial charge in [-0.2, -0.15) is 17.6 Å². The second-order valence-electron chi connectivity index (χ2n) is 0.521. The molecule has 0 rings (SSSR count). The third-order valence-electron chi connectivity index (χ3n) is 0.143. The van der Waals surface area contributed by atoms with Crippen LogP contribution in [0.1, 0.15) is 0 Å². The van der Waals surface area contributed by atoms with Crippen molar-refractivity contribution in [2.45, 2.75) is 0 Å². The zero-order chi connectivity index (χ0) is 7.15. The maximum Gasteiger partial charge on any atom is 0.334 e. The fourth-order valence-electron chi connectivity index (χ4n) is 0. The van der Waals surface area contributed by atoms with Crippen LogP contribution in [-0.4, -0.2) is 0 Å². The van der Waals surface area contributed by atoms with Crippen LogP contribution in [0.3, 0.4) is 0 Å². The van der Waals surface area contributed by atoms with E-state index in [0.29, 0.717) is 0 Å². The monoisotopic (exact) mass is 126 g/mol. The van der Waals surface area contributed by atoms with Gasteiger partial charge in [0.2, 0.25) is 0 Å². The molecule has 0 spiro atoms. The summed E-state index contributed by atoms with van der Waals surface area (Å²) in [4.78, 5) is 0. The predicted molar refractivity (Wildman–Crippen MR) is 21.3 cm³/mol. The molecule has 0 aliphatic heterocycles. The molecule has 4 heteroatoms. The van der Waals surface area contributed by atoms with Crippen molar-refractivity contribution in [2.75, 3.05) is 0 Å². The van der Waals surface area contributed by atoms with Gasteiger partial charge in [0.15, 0.2) is 0 Å². The standard InChI is InChI=1S/C2F4.C2H2/c3-1(4)2(5)6;1-2/h;1-2H. The predicted octanol–water partition coefficient (Wildman–Crippen LogP) is 2.24. The molecule has 0 aliphatic rings. The van der Waals surface area contributed by atoms with Gasteiger partial charge in [-0.15, -0.1) is 12.8 Å². The van der Waals surface area contributed by atoms with Crippen molar-refractivity contribution in [3.05, 3.63) is 12.2 Å². The fraction of sp³-hybridized carbons (Fsp3) is 0. The lowest BCUT2D eigenvalue weighted by atomic mass is 11.1.